The number of hydrogen-bond acceptors (Lipinski definition) is 2. The topological polar surface area (TPSA) is 33.1 Å². The monoisotopic (exact) mass is 267 g/mol. The number of rotatable bonds is 2. The molecule has 1 heterocycles. The fourth-order valence-corrected chi connectivity index (χ4v) is 1.82. The van der Waals surface area contributed by atoms with Gasteiger partial charge in [0.15, 0.2) is 0 Å². The molecule has 1 atom stereocenters. The Kier molecular flexibility index (Phi) is 3.57. The van der Waals surface area contributed by atoms with Crippen molar-refractivity contribution in [2.45, 2.75) is 19.2 Å². The van der Waals surface area contributed by atoms with Gasteiger partial charge in [0, 0.05) is 17.5 Å². The fourth-order valence-electron chi connectivity index (χ4n) is 1.82. The summed E-state index contributed by atoms with van der Waals surface area (Å²) in [6, 6.07) is 7.86. The molecule has 5 heteroatoms. The van der Waals surface area contributed by atoms with Crippen molar-refractivity contribution in [2.75, 3.05) is 0 Å². The maximum Gasteiger partial charge on any atom is 0.416 e. The second-order valence-corrected chi connectivity index (χ2v) is 4.20. The average Bonchev–Trinajstić information content (AvgIpc) is 2.38. The van der Waals surface area contributed by atoms with Gasteiger partial charge in [-0.2, -0.15) is 13.2 Å². The average molecular weight is 267 g/mol. The molecule has 2 aromatic rings. The Hall–Kier alpha value is -1.88. The van der Waals surface area contributed by atoms with Gasteiger partial charge < -0.3 is 5.11 Å². The molecule has 2 rings (SSSR count). The lowest BCUT2D eigenvalue weighted by atomic mass is 9.99. The summed E-state index contributed by atoms with van der Waals surface area (Å²) in [5.41, 5.74) is 0.910. The number of nitrogens with zero attached hydrogens (tertiary/aromatic N) is 1. The highest BCUT2D eigenvalue weighted by Crippen LogP contribution is 2.31. The van der Waals surface area contributed by atoms with E-state index in [9.17, 15) is 18.3 Å². The summed E-state index contributed by atoms with van der Waals surface area (Å²) in [6.07, 6.45) is -3.75. The van der Waals surface area contributed by atoms with Crippen molar-refractivity contribution >= 4 is 0 Å². The molecule has 1 aromatic carbocycles. The molecule has 0 radical (unpaired) electrons. The molecule has 0 fully saturated rings. The lowest BCUT2D eigenvalue weighted by Crippen LogP contribution is -2.07. The standard InChI is InChI=1S/C14H12F3NO/c1-9-12(3-2-8-18-9)13(19)10-4-6-11(7-5-10)14(15,16)17/h2-8,13,19H,1H3. The van der Waals surface area contributed by atoms with Gasteiger partial charge in [-0.05, 0) is 30.7 Å². The maximum atomic E-state index is 12.4. The maximum absolute atomic E-state index is 12.4. The summed E-state index contributed by atoms with van der Waals surface area (Å²) in [5.74, 6) is 0. The molecule has 0 saturated carbocycles. The van der Waals surface area contributed by atoms with Crippen LogP contribution < -0.4 is 0 Å². The first kappa shape index (κ1) is 13.5. The molecule has 1 aromatic heterocycles. The van der Waals surface area contributed by atoms with E-state index in [0.717, 1.165) is 12.1 Å². The Labute approximate surface area is 108 Å². The van der Waals surface area contributed by atoms with E-state index in [0.29, 0.717) is 16.8 Å². The first-order valence-electron chi connectivity index (χ1n) is 5.66. The molecule has 1 unspecified atom stereocenters. The molecular weight excluding hydrogens is 255 g/mol. The lowest BCUT2D eigenvalue weighted by Gasteiger charge is -2.14. The SMILES string of the molecule is Cc1ncccc1C(O)c1ccc(C(F)(F)F)cc1. The van der Waals surface area contributed by atoms with Crippen LogP contribution >= 0.6 is 0 Å². The normalized spacial score (nSPS) is 13.3. The van der Waals surface area contributed by atoms with Crippen molar-refractivity contribution in [3.8, 4) is 0 Å². The number of aliphatic hydroxyl groups is 1. The Morgan fingerprint density at radius 3 is 2.26 bits per heavy atom. The molecule has 1 N–H and O–H groups in total. The number of aromatic nitrogens is 1. The number of halogens is 3. The van der Waals surface area contributed by atoms with Gasteiger partial charge in [-0.25, -0.2) is 0 Å². The second-order valence-electron chi connectivity index (χ2n) is 4.20. The van der Waals surface area contributed by atoms with Crippen LogP contribution in [0.15, 0.2) is 42.6 Å². The highest BCUT2D eigenvalue weighted by Gasteiger charge is 2.30. The van der Waals surface area contributed by atoms with Crippen LogP contribution in [0.25, 0.3) is 0 Å². The molecule has 0 saturated heterocycles. The van der Waals surface area contributed by atoms with Gasteiger partial charge in [0.25, 0.3) is 0 Å². The quantitative estimate of drug-likeness (QED) is 0.903. The Morgan fingerprint density at radius 2 is 1.74 bits per heavy atom. The van der Waals surface area contributed by atoms with E-state index in [1.54, 1.807) is 25.3 Å². The number of aryl methyl sites for hydroxylation is 1. The van der Waals surface area contributed by atoms with Gasteiger partial charge in [-0.15, -0.1) is 0 Å². The van der Waals surface area contributed by atoms with Crippen molar-refractivity contribution < 1.29 is 18.3 Å². The number of pyridine rings is 1. The van der Waals surface area contributed by atoms with Crippen molar-refractivity contribution in [1.82, 2.24) is 4.98 Å². The molecular formula is C14H12F3NO. The molecule has 2 nitrogen and oxygen atoms in total. The van der Waals surface area contributed by atoms with Gasteiger partial charge >= 0.3 is 6.18 Å². The van der Waals surface area contributed by atoms with E-state index in [1.807, 2.05) is 0 Å². The second kappa shape index (κ2) is 5.01. The highest BCUT2D eigenvalue weighted by molar-refractivity contribution is 5.34. The predicted octanol–water partition coefficient (Wildman–Crippen LogP) is 3.49. The molecule has 0 aliphatic heterocycles. The van der Waals surface area contributed by atoms with E-state index in [4.69, 9.17) is 0 Å². The van der Waals surface area contributed by atoms with E-state index in [1.165, 1.54) is 12.1 Å². The zero-order valence-corrected chi connectivity index (χ0v) is 10.1. The zero-order valence-electron chi connectivity index (χ0n) is 10.1. The summed E-state index contributed by atoms with van der Waals surface area (Å²) in [7, 11) is 0. The third kappa shape index (κ3) is 2.93. The number of hydrogen-bond donors (Lipinski definition) is 1. The van der Waals surface area contributed by atoms with E-state index in [-0.39, 0.29) is 0 Å². The van der Waals surface area contributed by atoms with Crippen molar-refractivity contribution in [3.63, 3.8) is 0 Å². The Balaban J connectivity index is 2.31. The van der Waals surface area contributed by atoms with Crippen molar-refractivity contribution in [1.29, 1.82) is 0 Å². The van der Waals surface area contributed by atoms with Gasteiger partial charge in [-0.1, -0.05) is 18.2 Å². The third-order valence-electron chi connectivity index (χ3n) is 2.90. The van der Waals surface area contributed by atoms with Crippen LogP contribution in [0.3, 0.4) is 0 Å². The van der Waals surface area contributed by atoms with Gasteiger partial charge in [0.05, 0.1) is 5.56 Å². The first-order chi connectivity index (χ1) is 8.89. The molecule has 0 spiro atoms. The third-order valence-corrected chi connectivity index (χ3v) is 2.90. The summed E-state index contributed by atoms with van der Waals surface area (Å²) < 4.78 is 37.3. The molecule has 0 aliphatic carbocycles. The summed E-state index contributed by atoms with van der Waals surface area (Å²) in [4.78, 5) is 4.04. The van der Waals surface area contributed by atoms with Gasteiger partial charge in [0.2, 0.25) is 0 Å². The summed E-state index contributed by atoms with van der Waals surface area (Å²) in [6.45, 7) is 1.74. The molecule has 0 aliphatic rings. The summed E-state index contributed by atoms with van der Waals surface area (Å²) >= 11 is 0. The molecule has 0 amide bonds. The minimum atomic E-state index is -4.37. The Bertz CT molecular complexity index is 564. The number of aliphatic hydroxyl groups excluding tert-OH is 1. The van der Waals surface area contributed by atoms with Crippen molar-refractivity contribution in [2.24, 2.45) is 0 Å². The van der Waals surface area contributed by atoms with Crippen LogP contribution in [0.4, 0.5) is 13.2 Å². The lowest BCUT2D eigenvalue weighted by molar-refractivity contribution is -0.137. The largest absolute Gasteiger partial charge is 0.416 e. The molecule has 100 valence electrons. The van der Waals surface area contributed by atoms with Crippen LogP contribution in [0, 0.1) is 6.92 Å². The zero-order chi connectivity index (χ0) is 14.0. The smallest absolute Gasteiger partial charge is 0.384 e. The minimum Gasteiger partial charge on any atom is -0.384 e. The molecule has 19 heavy (non-hydrogen) atoms. The van der Waals surface area contributed by atoms with E-state index >= 15 is 0 Å². The number of alkyl halides is 3. The van der Waals surface area contributed by atoms with E-state index < -0.39 is 17.8 Å². The fraction of sp³-hybridized carbons (Fsp3) is 0.214. The summed E-state index contributed by atoms with van der Waals surface area (Å²) in [5, 5.41) is 10.1. The van der Waals surface area contributed by atoms with Gasteiger partial charge in [-0.3, -0.25) is 4.98 Å². The predicted molar refractivity (Wildman–Crippen MR) is 64.5 cm³/mol. The van der Waals surface area contributed by atoms with Crippen molar-refractivity contribution in [3.05, 3.63) is 65.0 Å². The van der Waals surface area contributed by atoms with Crippen LogP contribution in [-0.2, 0) is 6.18 Å². The molecule has 0 bridgehead atoms. The van der Waals surface area contributed by atoms with Crippen LogP contribution in [0.5, 0.6) is 0 Å². The first-order valence-corrected chi connectivity index (χ1v) is 5.66. The van der Waals surface area contributed by atoms with Crippen LogP contribution in [-0.4, -0.2) is 10.1 Å². The van der Waals surface area contributed by atoms with E-state index in [2.05, 4.69) is 4.98 Å². The van der Waals surface area contributed by atoms with Crippen LogP contribution in [0.1, 0.15) is 28.5 Å². The minimum absolute atomic E-state index is 0.407. The number of benzene rings is 1. The van der Waals surface area contributed by atoms with Crippen LogP contribution in [0.2, 0.25) is 0 Å². The Morgan fingerprint density at radius 1 is 1.11 bits per heavy atom. The highest BCUT2D eigenvalue weighted by atomic mass is 19.4. The van der Waals surface area contributed by atoms with Gasteiger partial charge in [0.1, 0.15) is 6.10 Å².